The molecule has 5 nitrogen and oxygen atoms in total. The quantitative estimate of drug-likeness (QED) is 0.687. The van der Waals surface area contributed by atoms with Crippen LogP contribution in [0.25, 0.3) is 10.9 Å². The summed E-state index contributed by atoms with van der Waals surface area (Å²) in [7, 11) is 0. The standard InChI is InChI=1S/C23H23N3O2/c24-19-16-7-1-2-9-18(16)23(21(19)27)10-13-26(14-11-23)22(28)17-8-3-5-15-6-4-12-25-20(15)17/h1-9,12,19,21,27H,10-11,13-14,24H2/t19-,21+/m1/s1. The highest BCUT2D eigenvalue weighted by molar-refractivity contribution is 6.05. The number of piperidine rings is 1. The molecule has 1 amide bonds. The van der Waals surface area contributed by atoms with Gasteiger partial charge >= 0.3 is 0 Å². The number of amides is 1. The number of aliphatic hydroxyl groups excluding tert-OH is 1. The molecule has 2 heterocycles. The Morgan fingerprint density at radius 1 is 1.07 bits per heavy atom. The number of carbonyl (C=O) groups excluding carboxylic acids is 1. The first-order chi connectivity index (χ1) is 13.6. The van der Waals surface area contributed by atoms with E-state index < -0.39 is 6.10 Å². The largest absolute Gasteiger partial charge is 0.390 e. The third-order valence-corrected chi connectivity index (χ3v) is 6.57. The third kappa shape index (κ3) is 2.40. The molecule has 3 N–H and O–H groups in total. The van der Waals surface area contributed by atoms with Crippen molar-refractivity contribution in [2.45, 2.75) is 30.4 Å². The van der Waals surface area contributed by atoms with Crippen LogP contribution >= 0.6 is 0 Å². The number of para-hydroxylation sites is 1. The van der Waals surface area contributed by atoms with Gasteiger partial charge < -0.3 is 15.7 Å². The molecular formula is C23H23N3O2. The molecule has 1 aliphatic carbocycles. The van der Waals surface area contributed by atoms with Crippen molar-refractivity contribution < 1.29 is 9.90 Å². The SMILES string of the molecule is N[C@@H]1c2ccccc2C2(CCN(C(=O)c3cccc4cccnc34)CC2)[C@H]1O. The first-order valence-electron chi connectivity index (χ1n) is 9.78. The molecular weight excluding hydrogens is 350 g/mol. The first-order valence-corrected chi connectivity index (χ1v) is 9.78. The van der Waals surface area contributed by atoms with Crippen LogP contribution in [0.3, 0.4) is 0 Å². The lowest BCUT2D eigenvalue weighted by Gasteiger charge is -2.42. The molecule has 1 spiro atoms. The van der Waals surface area contributed by atoms with Crippen molar-refractivity contribution in [1.29, 1.82) is 0 Å². The number of aliphatic hydroxyl groups is 1. The van der Waals surface area contributed by atoms with E-state index in [0.717, 1.165) is 22.0 Å². The second kappa shape index (κ2) is 6.40. The zero-order valence-corrected chi connectivity index (χ0v) is 15.6. The Bertz CT molecular complexity index is 1050. The van der Waals surface area contributed by atoms with Crippen molar-refractivity contribution >= 4 is 16.8 Å². The third-order valence-electron chi connectivity index (χ3n) is 6.57. The second-order valence-corrected chi connectivity index (χ2v) is 7.89. The molecule has 1 aliphatic heterocycles. The molecule has 28 heavy (non-hydrogen) atoms. The zero-order valence-electron chi connectivity index (χ0n) is 15.6. The van der Waals surface area contributed by atoms with Crippen molar-refractivity contribution in [3.05, 3.63) is 77.5 Å². The van der Waals surface area contributed by atoms with Gasteiger partial charge in [-0.3, -0.25) is 9.78 Å². The second-order valence-electron chi connectivity index (χ2n) is 7.89. The summed E-state index contributed by atoms with van der Waals surface area (Å²) < 4.78 is 0. The number of carbonyl (C=O) groups is 1. The number of aromatic nitrogens is 1. The first kappa shape index (κ1) is 17.3. The van der Waals surface area contributed by atoms with Crippen LogP contribution in [0.15, 0.2) is 60.8 Å². The zero-order chi connectivity index (χ0) is 19.3. The van der Waals surface area contributed by atoms with Gasteiger partial charge in [0.2, 0.25) is 0 Å². The van der Waals surface area contributed by atoms with E-state index in [9.17, 15) is 9.90 Å². The summed E-state index contributed by atoms with van der Waals surface area (Å²) in [6.45, 7) is 1.19. The lowest BCUT2D eigenvalue weighted by Crippen LogP contribution is -2.50. The Morgan fingerprint density at radius 3 is 2.64 bits per heavy atom. The summed E-state index contributed by atoms with van der Waals surface area (Å²) in [5.74, 6) is 0.00391. The monoisotopic (exact) mass is 373 g/mol. The minimum absolute atomic E-state index is 0.00391. The Labute approximate surface area is 163 Å². The Kier molecular flexibility index (Phi) is 3.96. The highest BCUT2D eigenvalue weighted by Crippen LogP contribution is 2.50. The minimum Gasteiger partial charge on any atom is -0.390 e. The van der Waals surface area contributed by atoms with Gasteiger partial charge in [-0.25, -0.2) is 0 Å². The number of nitrogens with two attached hydrogens (primary N) is 1. The van der Waals surface area contributed by atoms with Crippen molar-refractivity contribution in [1.82, 2.24) is 9.88 Å². The molecule has 2 aromatic carbocycles. The molecule has 3 aromatic rings. The molecule has 142 valence electrons. The maximum absolute atomic E-state index is 13.2. The number of nitrogens with zero attached hydrogens (tertiary/aromatic N) is 2. The predicted molar refractivity (Wildman–Crippen MR) is 108 cm³/mol. The van der Waals surface area contributed by atoms with E-state index in [2.05, 4.69) is 11.1 Å². The summed E-state index contributed by atoms with van der Waals surface area (Å²) in [4.78, 5) is 19.5. The van der Waals surface area contributed by atoms with Crippen molar-refractivity contribution in [2.75, 3.05) is 13.1 Å². The number of likely N-dealkylation sites (tertiary alicyclic amines) is 1. The van der Waals surface area contributed by atoms with Crippen molar-refractivity contribution in [3.63, 3.8) is 0 Å². The molecule has 2 aliphatic rings. The lowest BCUT2D eigenvalue weighted by molar-refractivity contribution is 0.0263. The van der Waals surface area contributed by atoms with E-state index in [1.165, 1.54) is 0 Å². The summed E-state index contributed by atoms with van der Waals surface area (Å²) in [6.07, 6.45) is 2.53. The number of hydrogen-bond acceptors (Lipinski definition) is 4. The fourth-order valence-electron chi connectivity index (χ4n) is 5.04. The van der Waals surface area contributed by atoms with Crippen LogP contribution in [0, 0.1) is 0 Å². The Balaban J connectivity index is 1.43. The molecule has 5 heteroatoms. The number of hydrogen-bond donors (Lipinski definition) is 2. The molecule has 0 radical (unpaired) electrons. The summed E-state index contributed by atoms with van der Waals surface area (Å²) in [5, 5.41) is 11.9. The van der Waals surface area contributed by atoms with E-state index in [4.69, 9.17) is 5.73 Å². The van der Waals surface area contributed by atoms with Crippen LogP contribution in [0.2, 0.25) is 0 Å². The van der Waals surface area contributed by atoms with Crippen LogP contribution in [-0.2, 0) is 5.41 Å². The topological polar surface area (TPSA) is 79.5 Å². The summed E-state index contributed by atoms with van der Waals surface area (Å²) in [5.41, 5.74) is 9.51. The van der Waals surface area contributed by atoms with Gasteiger partial charge in [-0.15, -0.1) is 0 Å². The normalized spacial score (nSPS) is 23.1. The molecule has 1 aromatic heterocycles. The average molecular weight is 373 g/mol. The number of benzene rings is 2. The van der Waals surface area contributed by atoms with Crippen LogP contribution < -0.4 is 5.73 Å². The van der Waals surface area contributed by atoms with Crippen LogP contribution in [-0.4, -0.2) is 40.1 Å². The Morgan fingerprint density at radius 2 is 1.82 bits per heavy atom. The fraction of sp³-hybridized carbons (Fsp3) is 0.304. The van der Waals surface area contributed by atoms with Crippen molar-refractivity contribution in [3.8, 4) is 0 Å². The predicted octanol–water partition coefficient (Wildman–Crippen LogP) is 2.78. The van der Waals surface area contributed by atoms with Gasteiger partial charge in [0, 0.05) is 30.1 Å². The maximum atomic E-state index is 13.2. The van der Waals surface area contributed by atoms with Gasteiger partial charge in [-0.2, -0.15) is 0 Å². The number of rotatable bonds is 1. The lowest BCUT2D eigenvalue weighted by atomic mass is 9.72. The van der Waals surface area contributed by atoms with Crippen LogP contribution in [0.4, 0.5) is 0 Å². The summed E-state index contributed by atoms with van der Waals surface area (Å²) >= 11 is 0. The minimum atomic E-state index is -0.610. The molecule has 0 bridgehead atoms. The van der Waals surface area contributed by atoms with Gasteiger partial charge in [-0.1, -0.05) is 42.5 Å². The smallest absolute Gasteiger partial charge is 0.256 e. The molecule has 5 rings (SSSR count). The van der Waals surface area contributed by atoms with Gasteiger partial charge in [-0.05, 0) is 36.1 Å². The maximum Gasteiger partial charge on any atom is 0.256 e. The van der Waals surface area contributed by atoms with E-state index >= 15 is 0 Å². The molecule has 2 atom stereocenters. The molecule has 1 saturated heterocycles. The van der Waals surface area contributed by atoms with Crippen LogP contribution in [0.1, 0.15) is 40.4 Å². The molecule has 0 saturated carbocycles. The van der Waals surface area contributed by atoms with Crippen LogP contribution in [0.5, 0.6) is 0 Å². The van der Waals surface area contributed by atoms with E-state index in [1.54, 1.807) is 6.20 Å². The number of pyridine rings is 1. The fourth-order valence-corrected chi connectivity index (χ4v) is 5.04. The van der Waals surface area contributed by atoms with Crippen molar-refractivity contribution in [2.24, 2.45) is 5.73 Å². The molecule has 0 unspecified atom stereocenters. The van der Waals surface area contributed by atoms with Gasteiger partial charge in [0.1, 0.15) is 0 Å². The highest BCUT2D eigenvalue weighted by Gasteiger charge is 2.51. The average Bonchev–Trinajstić information content (AvgIpc) is 2.96. The number of fused-ring (bicyclic) bond motifs is 3. The Hall–Kier alpha value is -2.76. The molecule has 1 fully saturated rings. The van der Waals surface area contributed by atoms with E-state index in [0.29, 0.717) is 31.5 Å². The van der Waals surface area contributed by atoms with Gasteiger partial charge in [0.15, 0.2) is 0 Å². The van der Waals surface area contributed by atoms with E-state index in [-0.39, 0.29) is 17.4 Å². The van der Waals surface area contributed by atoms with Gasteiger partial charge in [0.05, 0.1) is 23.2 Å². The highest BCUT2D eigenvalue weighted by atomic mass is 16.3. The summed E-state index contributed by atoms with van der Waals surface area (Å²) in [6, 6.07) is 17.3. The van der Waals surface area contributed by atoms with E-state index in [1.807, 2.05) is 53.4 Å². The van der Waals surface area contributed by atoms with Gasteiger partial charge in [0.25, 0.3) is 5.91 Å².